The Balaban J connectivity index is 2.90. The zero-order chi connectivity index (χ0) is 14.0. The number of hydrogen-bond donors (Lipinski definition) is 1. The highest BCUT2D eigenvalue weighted by Crippen LogP contribution is 2.53. The van der Waals surface area contributed by atoms with E-state index in [0.717, 1.165) is 5.57 Å². The number of carbonyl (C=O) groups is 2. The number of ketones is 1. The molecule has 1 fully saturated rings. The molecule has 1 rings (SSSR count). The lowest BCUT2D eigenvalue weighted by Gasteiger charge is -2.35. The van der Waals surface area contributed by atoms with Gasteiger partial charge in [0, 0.05) is 5.41 Å². The summed E-state index contributed by atoms with van der Waals surface area (Å²) in [5.41, 5.74) is -0.00108. The molecule has 3 heteroatoms. The lowest BCUT2D eigenvalue weighted by atomic mass is 9.66. The van der Waals surface area contributed by atoms with Crippen LogP contribution >= 0.6 is 0 Å². The summed E-state index contributed by atoms with van der Waals surface area (Å²) < 4.78 is 0. The maximum atomic E-state index is 12.3. The first-order valence-electron chi connectivity index (χ1n) is 6.25. The van der Waals surface area contributed by atoms with Gasteiger partial charge >= 0.3 is 0 Å². The highest BCUT2D eigenvalue weighted by atomic mass is 16.3. The third-order valence-electron chi connectivity index (χ3n) is 4.26. The van der Waals surface area contributed by atoms with Crippen LogP contribution in [-0.2, 0) is 9.59 Å². The fourth-order valence-corrected chi connectivity index (χ4v) is 2.62. The largest absolute Gasteiger partial charge is 0.393 e. The van der Waals surface area contributed by atoms with E-state index < -0.39 is 11.5 Å². The minimum atomic E-state index is -0.537. The summed E-state index contributed by atoms with van der Waals surface area (Å²) >= 11 is 0. The molecule has 0 aromatic rings. The minimum Gasteiger partial charge on any atom is -0.393 e. The van der Waals surface area contributed by atoms with E-state index in [1.165, 1.54) is 12.2 Å². The first-order valence-corrected chi connectivity index (χ1v) is 6.25. The van der Waals surface area contributed by atoms with E-state index in [1.807, 2.05) is 20.8 Å². The smallest absolute Gasteiger partial charge is 0.162 e. The third-order valence-corrected chi connectivity index (χ3v) is 4.26. The Morgan fingerprint density at radius 2 is 1.83 bits per heavy atom. The molecule has 100 valence electrons. The molecule has 0 unspecified atom stereocenters. The van der Waals surface area contributed by atoms with Crippen LogP contribution < -0.4 is 0 Å². The van der Waals surface area contributed by atoms with Gasteiger partial charge in [0.05, 0.1) is 6.10 Å². The fraction of sp³-hybridized carbons (Fsp3) is 0.600. The van der Waals surface area contributed by atoms with Crippen molar-refractivity contribution in [2.75, 3.05) is 0 Å². The first-order chi connectivity index (χ1) is 8.23. The third kappa shape index (κ3) is 2.78. The van der Waals surface area contributed by atoms with Crippen molar-refractivity contribution < 1.29 is 14.7 Å². The number of aldehydes is 1. The second kappa shape index (κ2) is 5.19. The molecule has 1 saturated carbocycles. The molecule has 0 amide bonds. The van der Waals surface area contributed by atoms with Crippen LogP contribution in [-0.4, -0.2) is 23.3 Å². The van der Waals surface area contributed by atoms with Crippen LogP contribution in [0.15, 0.2) is 23.8 Å². The van der Waals surface area contributed by atoms with E-state index in [4.69, 9.17) is 0 Å². The quantitative estimate of drug-likeness (QED) is 0.473. The van der Waals surface area contributed by atoms with Crippen molar-refractivity contribution in [2.24, 2.45) is 10.8 Å². The molecule has 0 saturated heterocycles. The molecule has 0 heterocycles. The summed E-state index contributed by atoms with van der Waals surface area (Å²) in [5.74, 6) is 0.0164. The number of allylic oxidation sites excluding steroid dienone is 4. The van der Waals surface area contributed by atoms with Crippen molar-refractivity contribution in [1.29, 1.82) is 0 Å². The Hall–Kier alpha value is -1.22. The molecule has 2 atom stereocenters. The second-order valence-corrected chi connectivity index (χ2v) is 6.02. The molecule has 18 heavy (non-hydrogen) atoms. The number of aliphatic hydroxyl groups excluding tert-OH is 1. The molecule has 1 aliphatic rings. The summed E-state index contributed by atoms with van der Waals surface area (Å²) in [7, 11) is 0. The lowest BCUT2D eigenvalue weighted by molar-refractivity contribution is -0.127. The van der Waals surface area contributed by atoms with Crippen molar-refractivity contribution in [3.05, 3.63) is 23.8 Å². The van der Waals surface area contributed by atoms with Gasteiger partial charge in [0.25, 0.3) is 0 Å². The normalized spacial score (nSPS) is 31.8. The van der Waals surface area contributed by atoms with Crippen LogP contribution in [0.2, 0.25) is 0 Å². The van der Waals surface area contributed by atoms with Crippen LogP contribution in [0.3, 0.4) is 0 Å². The highest BCUT2D eigenvalue weighted by molar-refractivity contribution is 5.96. The van der Waals surface area contributed by atoms with Crippen LogP contribution in [0, 0.1) is 10.8 Å². The minimum absolute atomic E-state index is 0.0164. The topological polar surface area (TPSA) is 54.4 Å². The van der Waals surface area contributed by atoms with Gasteiger partial charge < -0.3 is 5.11 Å². The van der Waals surface area contributed by atoms with Crippen LogP contribution in [0.5, 0.6) is 0 Å². The van der Waals surface area contributed by atoms with Crippen LogP contribution in [0.1, 0.15) is 40.5 Å². The van der Waals surface area contributed by atoms with E-state index in [0.29, 0.717) is 19.1 Å². The fourth-order valence-electron chi connectivity index (χ4n) is 2.62. The Kier molecular flexibility index (Phi) is 4.28. The maximum Gasteiger partial charge on any atom is 0.162 e. The molecule has 0 aromatic heterocycles. The van der Waals surface area contributed by atoms with Crippen molar-refractivity contribution in [3.63, 3.8) is 0 Å². The van der Waals surface area contributed by atoms with Crippen molar-refractivity contribution in [2.45, 2.75) is 46.6 Å². The predicted molar refractivity (Wildman–Crippen MR) is 71.1 cm³/mol. The average molecular weight is 250 g/mol. The number of rotatable bonds is 4. The van der Waals surface area contributed by atoms with Gasteiger partial charge in [-0.3, -0.25) is 9.59 Å². The van der Waals surface area contributed by atoms with Gasteiger partial charge in [-0.05, 0) is 42.9 Å². The van der Waals surface area contributed by atoms with E-state index in [1.54, 1.807) is 13.0 Å². The molecule has 0 spiro atoms. The van der Waals surface area contributed by atoms with E-state index in [9.17, 15) is 14.7 Å². The summed E-state index contributed by atoms with van der Waals surface area (Å²) in [6.45, 7) is 7.72. The molecule has 0 radical (unpaired) electrons. The van der Waals surface area contributed by atoms with Crippen LogP contribution in [0.25, 0.3) is 0 Å². The zero-order valence-corrected chi connectivity index (χ0v) is 11.6. The zero-order valence-electron chi connectivity index (χ0n) is 11.6. The molecule has 0 bridgehead atoms. The van der Waals surface area contributed by atoms with Gasteiger partial charge in [-0.1, -0.05) is 26.8 Å². The summed E-state index contributed by atoms with van der Waals surface area (Å²) in [4.78, 5) is 22.6. The highest BCUT2D eigenvalue weighted by Gasteiger charge is 2.52. The van der Waals surface area contributed by atoms with E-state index in [2.05, 4.69) is 0 Å². The van der Waals surface area contributed by atoms with Crippen molar-refractivity contribution in [1.82, 2.24) is 0 Å². The van der Waals surface area contributed by atoms with Gasteiger partial charge in [-0.15, -0.1) is 0 Å². The Morgan fingerprint density at radius 3 is 2.28 bits per heavy atom. The van der Waals surface area contributed by atoms with E-state index >= 15 is 0 Å². The molecular formula is C15H22O3. The monoisotopic (exact) mass is 250 g/mol. The maximum absolute atomic E-state index is 12.3. The molecule has 1 N–H and O–H groups in total. The molecule has 0 aromatic carbocycles. The molecule has 3 nitrogen and oxygen atoms in total. The Morgan fingerprint density at radius 1 is 1.22 bits per heavy atom. The van der Waals surface area contributed by atoms with Gasteiger partial charge in [0.1, 0.15) is 6.29 Å². The van der Waals surface area contributed by atoms with Gasteiger partial charge in [0.2, 0.25) is 0 Å². The van der Waals surface area contributed by atoms with Crippen molar-refractivity contribution in [3.8, 4) is 0 Å². The number of hydrogen-bond acceptors (Lipinski definition) is 3. The van der Waals surface area contributed by atoms with Gasteiger partial charge in [-0.25, -0.2) is 0 Å². The molecular weight excluding hydrogens is 228 g/mol. The van der Waals surface area contributed by atoms with E-state index in [-0.39, 0.29) is 11.2 Å². The molecule has 1 aliphatic carbocycles. The lowest BCUT2D eigenvalue weighted by Crippen LogP contribution is -2.36. The summed E-state index contributed by atoms with van der Waals surface area (Å²) in [6, 6.07) is 0. The summed E-state index contributed by atoms with van der Waals surface area (Å²) in [5, 5.41) is 9.78. The Bertz CT molecular complexity index is 404. The first kappa shape index (κ1) is 14.8. The van der Waals surface area contributed by atoms with Gasteiger partial charge in [-0.2, -0.15) is 0 Å². The average Bonchev–Trinajstić information content (AvgIpc) is 2.45. The van der Waals surface area contributed by atoms with Crippen LogP contribution in [0.4, 0.5) is 0 Å². The SMILES string of the molecule is CC(=C/C=O)/C=C/C(=O)[C@]1(C)C[C@@H](O)CC1(C)C. The van der Waals surface area contributed by atoms with Crippen molar-refractivity contribution >= 4 is 12.1 Å². The number of aliphatic hydroxyl groups is 1. The van der Waals surface area contributed by atoms with Gasteiger partial charge in [0.15, 0.2) is 5.78 Å². The molecule has 0 aliphatic heterocycles. The Labute approximate surface area is 109 Å². The predicted octanol–water partition coefficient (Wildman–Crippen LogP) is 2.44. The second-order valence-electron chi connectivity index (χ2n) is 6.02. The number of carbonyl (C=O) groups excluding carboxylic acids is 2. The standard InChI is InChI=1S/C15H22O3/c1-11(7-8-16)5-6-13(18)15(4)10-12(17)9-14(15,2)3/h5-8,12,17H,9-10H2,1-4H3/b6-5+,11-7-/t12-,15-/m0/s1. The summed E-state index contributed by atoms with van der Waals surface area (Å²) in [6.07, 6.45) is 6.04.